The van der Waals surface area contributed by atoms with Gasteiger partial charge in [-0.25, -0.2) is 0 Å². The minimum Gasteiger partial charge on any atom is -0.355 e. The molecule has 0 atom stereocenters. The molecule has 0 saturated heterocycles. The number of nitrogens with one attached hydrogen (secondary N) is 1. The molecule has 0 saturated carbocycles. The van der Waals surface area contributed by atoms with E-state index in [0.717, 1.165) is 29.8 Å². The first-order valence-electron chi connectivity index (χ1n) is 24.1. The number of allylic oxidation sites excluding steroid dienone is 12. The van der Waals surface area contributed by atoms with E-state index < -0.39 is 0 Å². The Labute approximate surface area is 406 Å². The van der Waals surface area contributed by atoms with Crippen LogP contribution < -0.4 is 5.32 Å². The maximum atomic E-state index is 4.09. The average molecular weight is 896 g/mol. The Balaban J connectivity index is 0.000000158. The van der Waals surface area contributed by atoms with E-state index in [2.05, 4.69) is 242 Å². The second-order valence-electron chi connectivity index (χ2n) is 19.6. The van der Waals surface area contributed by atoms with E-state index in [1.54, 1.807) is 0 Å². The quantitative estimate of drug-likeness (QED) is 0.175. The molecule has 1 nitrogen and oxygen atoms in total. The van der Waals surface area contributed by atoms with Gasteiger partial charge >= 0.3 is 0 Å². The predicted octanol–water partition coefficient (Wildman–Crippen LogP) is 18.6. The van der Waals surface area contributed by atoms with Gasteiger partial charge in [-0.3, -0.25) is 0 Å². The second kappa shape index (κ2) is 17.1. The summed E-state index contributed by atoms with van der Waals surface area (Å²) in [5.74, 6) is 0. The van der Waals surface area contributed by atoms with Crippen molar-refractivity contribution >= 4 is 54.0 Å². The normalized spacial score (nSPS) is 18.2. The lowest BCUT2D eigenvalue weighted by molar-refractivity contribution is 0.660. The van der Waals surface area contributed by atoms with Crippen LogP contribution in [-0.2, 0) is 10.8 Å². The van der Waals surface area contributed by atoms with Crippen LogP contribution in [0, 0.1) is 6.92 Å². The van der Waals surface area contributed by atoms with Gasteiger partial charge in [0.15, 0.2) is 0 Å². The summed E-state index contributed by atoms with van der Waals surface area (Å²) in [6.07, 6.45) is 21.9. The number of hydrogen-bond acceptors (Lipinski definition) is 2. The molecule has 4 aliphatic carbocycles. The smallest absolute Gasteiger partial charge is 0.0460 e. The lowest BCUT2D eigenvalue weighted by Crippen LogP contribution is -2.15. The van der Waals surface area contributed by atoms with Crippen molar-refractivity contribution in [1.82, 2.24) is 0 Å². The van der Waals surface area contributed by atoms with Crippen LogP contribution in [0.25, 0.3) is 70.4 Å². The molecule has 7 aromatic carbocycles. The lowest BCUT2D eigenvalue weighted by atomic mass is 9.81. The second-order valence-corrected chi connectivity index (χ2v) is 20.7. The third kappa shape index (κ3) is 7.30. The van der Waals surface area contributed by atoms with Crippen molar-refractivity contribution in [1.29, 1.82) is 0 Å². The molecule has 1 N–H and O–H groups in total. The van der Waals surface area contributed by atoms with Gasteiger partial charge in [0, 0.05) is 48.0 Å². The fourth-order valence-corrected chi connectivity index (χ4v) is 12.3. The molecule has 4 aliphatic rings. The van der Waals surface area contributed by atoms with Crippen LogP contribution in [0.3, 0.4) is 0 Å². The Bertz CT molecular complexity index is 3570. The molecular weight excluding hydrogens is 839 g/mol. The first kappa shape index (κ1) is 43.3. The third-order valence-corrected chi connectivity index (χ3v) is 16.0. The molecule has 1 aromatic heterocycles. The van der Waals surface area contributed by atoms with Crippen molar-refractivity contribution in [3.05, 3.63) is 251 Å². The van der Waals surface area contributed by atoms with Gasteiger partial charge in [0.1, 0.15) is 0 Å². The fraction of sp³-hybridized carbons (Fsp3) is 0.152. The molecule has 68 heavy (non-hydrogen) atoms. The highest BCUT2D eigenvalue weighted by atomic mass is 32.1. The van der Waals surface area contributed by atoms with E-state index in [-0.39, 0.29) is 10.8 Å². The number of fused-ring (bicyclic) bond motifs is 11. The van der Waals surface area contributed by atoms with Gasteiger partial charge < -0.3 is 5.32 Å². The summed E-state index contributed by atoms with van der Waals surface area (Å²) in [6.45, 7) is 17.8. The zero-order chi connectivity index (χ0) is 46.7. The highest BCUT2D eigenvalue weighted by Crippen LogP contribution is 2.52. The summed E-state index contributed by atoms with van der Waals surface area (Å²) in [5, 5.41) is 6.51. The summed E-state index contributed by atoms with van der Waals surface area (Å²) in [5.41, 5.74) is 24.5. The molecule has 12 rings (SSSR count). The monoisotopic (exact) mass is 895 g/mol. The Kier molecular flexibility index (Phi) is 10.9. The van der Waals surface area contributed by atoms with Crippen LogP contribution in [0.2, 0.25) is 0 Å². The summed E-state index contributed by atoms with van der Waals surface area (Å²) >= 11 is 1.88. The van der Waals surface area contributed by atoms with E-state index in [9.17, 15) is 0 Å². The maximum Gasteiger partial charge on any atom is 0.0460 e. The molecule has 1 heterocycles. The number of thiophene rings is 1. The van der Waals surface area contributed by atoms with Gasteiger partial charge in [0.2, 0.25) is 0 Å². The van der Waals surface area contributed by atoms with Crippen molar-refractivity contribution in [3.8, 4) is 33.4 Å². The van der Waals surface area contributed by atoms with Crippen LogP contribution in [0.5, 0.6) is 0 Å². The number of anilines is 1. The molecule has 0 aliphatic heterocycles. The molecule has 0 fully saturated rings. The topological polar surface area (TPSA) is 12.0 Å². The maximum absolute atomic E-state index is 4.09. The van der Waals surface area contributed by atoms with Crippen molar-refractivity contribution < 1.29 is 0 Å². The summed E-state index contributed by atoms with van der Waals surface area (Å²) < 4.78 is 2.72. The Morgan fingerprint density at radius 1 is 0.574 bits per heavy atom. The first-order chi connectivity index (χ1) is 33.0. The van der Waals surface area contributed by atoms with Crippen LogP contribution in [0.15, 0.2) is 206 Å². The zero-order valence-corrected chi connectivity index (χ0v) is 40.8. The van der Waals surface area contributed by atoms with Crippen molar-refractivity contribution in [2.45, 2.75) is 65.2 Å². The summed E-state index contributed by atoms with van der Waals surface area (Å²) in [7, 11) is 0. The highest BCUT2D eigenvalue weighted by Gasteiger charge is 2.37. The van der Waals surface area contributed by atoms with E-state index in [0.29, 0.717) is 0 Å². The minimum atomic E-state index is -0.0794. The summed E-state index contributed by atoms with van der Waals surface area (Å²) in [4.78, 5) is 0. The molecule has 8 aromatic rings. The van der Waals surface area contributed by atoms with Gasteiger partial charge in [-0.2, -0.15) is 0 Å². The van der Waals surface area contributed by atoms with Gasteiger partial charge in [-0.1, -0.05) is 180 Å². The number of rotatable bonds is 6. The van der Waals surface area contributed by atoms with Crippen LogP contribution >= 0.6 is 11.3 Å². The predicted molar refractivity (Wildman–Crippen MR) is 297 cm³/mol. The Hall–Kier alpha value is -7.26. The van der Waals surface area contributed by atoms with Crippen LogP contribution in [0.4, 0.5) is 5.69 Å². The molecule has 0 amide bonds. The molecule has 0 spiro atoms. The zero-order valence-electron chi connectivity index (χ0n) is 40.0. The number of benzene rings is 7. The van der Waals surface area contributed by atoms with Gasteiger partial charge in [-0.15, -0.1) is 11.3 Å². The van der Waals surface area contributed by atoms with Crippen LogP contribution in [0.1, 0.15) is 92.0 Å². The first-order valence-corrected chi connectivity index (χ1v) is 24.9. The largest absolute Gasteiger partial charge is 0.355 e. The molecule has 2 bridgehead atoms. The average Bonchev–Trinajstić information content (AvgIpc) is 3.93. The van der Waals surface area contributed by atoms with Crippen molar-refractivity contribution in [3.63, 3.8) is 0 Å². The van der Waals surface area contributed by atoms with Crippen molar-refractivity contribution in [2.24, 2.45) is 0 Å². The Morgan fingerprint density at radius 2 is 1.21 bits per heavy atom. The van der Waals surface area contributed by atoms with Gasteiger partial charge in [0.25, 0.3) is 0 Å². The fourth-order valence-electron chi connectivity index (χ4n) is 11.2. The number of hydrogen-bond donors (Lipinski definition) is 1. The highest BCUT2D eigenvalue weighted by molar-refractivity contribution is 7.25. The molecule has 0 radical (unpaired) electrons. The third-order valence-electron chi connectivity index (χ3n) is 14.9. The van der Waals surface area contributed by atoms with E-state index >= 15 is 0 Å². The summed E-state index contributed by atoms with van der Waals surface area (Å²) in [6, 6.07) is 51.9. The van der Waals surface area contributed by atoms with E-state index in [4.69, 9.17) is 0 Å². The van der Waals surface area contributed by atoms with E-state index in [1.165, 1.54) is 109 Å². The van der Waals surface area contributed by atoms with E-state index in [1.807, 2.05) is 17.4 Å². The van der Waals surface area contributed by atoms with Gasteiger partial charge in [-0.05, 0) is 164 Å². The van der Waals surface area contributed by atoms with Crippen LogP contribution in [-0.4, -0.2) is 0 Å². The van der Waals surface area contributed by atoms with Crippen molar-refractivity contribution in [2.75, 3.05) is 5.32 Å². The molecule has 0 unspecified atom stereocenters. The van der Waals surface area contributed by atoms with Gasteiger partial charge in [0.05, 0.1) is 0 Å². The lowest BCUT2D eigenvalue weighted by Gasteiger charge is -2.23. The Morgan fingerprint density at radius 3 is 1.99 bits per heavy atom. The minimum absolute atomic E-state index is 0.0428. The SMILES string of the molecule is C=CC1=C(\C=C/C)c2cccc(c2C)\C(Nc2ccc3c(c2)C(C)(C)c2cc(C4=CCCC=C4)ccc2-3)=C/C=C\1.CC1(C)c2ccccc2-c2ccc(-c3ccc4sc5ccccc5c4c3)cc21. The standard InChI is InChI=1S/C39H37N.C27H20S/c1-6-13-33-27(7-2)16-11-19-38(32-18-12-17-31(33)26(32)3)40-30-21-23-35-34-22-20-29(28-14-9-8-10-15-28)24-36(34)39(4,5)37(35)25-30;1-27(2)23-9-5-3-7-19(23)20-13-11-18(16-24(20)27)17-12-14-26-22(15-17)21-8-4-6-10-25(21)28-26/h6-7,9,11-25,40H,2,8,10H2,1,3-5H3;3-16H,1-2H3/b13-6-,16-11-,33-27-,38-19+;. The molecule has 332 valence electrons. The molecular formula is C66H57NS. The molecule has 2 heteroatoms.